The molecule has 0 aromatic carbocycles. The van der Waals surface area contributed by atoms with Crippen molar-refractivity contribution in [1.29, 1.82) is 0 Å². The van der Waals surface area contributed by atoms with E-state index in [1.165, 1.54) is 4.68 Å². The number of allylic oxidation sites excluding steroid dienone is 2. The van der Waals surface area contributed by atoms with E-state index in [4.69, 9.17) is 11.6 Å². The number of carbonyl (C=O) groups is 1. The standard InChI is InChI=1S/C11H14ClN3O/c12-8-4-3-7-11(16)15-10-6-2-1-5-9(10)13-14-15/h1-2H,3-8H2. The van der Waals surface area contributed by atoms with Gasteiger partial charge in [0.1, 0.15) is 0 Å². The number of unbranched alkanes of at least 4 members (excludes halogenated alkanes) is 1. The van der Waals surface area contributed by atoms with Gasteiger partial charge in [-0.25, -0.2) is 0 Å². The molecule has 1 aromatic heterocycles. The zero-order chi connectivity index (χ0) is 11.4. The second-order valence-electron chi connectivity index (χ2n) is 3.81. The number of halogens is 1. The van der Waals surface area contributed by atoms with Crippen LogP contribution >= 0.6 is 11.6 Å². The molecule has 2 rings (SSSR count). The average Bonchev–Trinajstić information content (AvgIpc) is 2.73. The van der Waals surface area contributed by atoms with E-state index in [1.54, 1.807) is 0 Å². The fourth-order valence-electron chi connectivity index (χ4n) is 1.76. The highest BCUT2D eigenvalue weighted by Crippen LogP contribution is 2.14. The molecule has 1 aliphatic rings. The molecule has 0 aliphatic heterocycles. The molecule has 1 aliphatic carbocycles. The molecular formula is C11H14ClN3O. The van der Waals surface area contributed by atoms with E-state index in [1.807, 2.05) is 6.08 Å². The minimum Gasteiger partial charge on any atom is -0.273 e. The van der Waals surface area contributed by atoms with Crippen LogP contribution in [0.3, 0.4) is 0 Å². The molecule has 16 heavy (non-hydrogen) atoms. The highest BCUT2D eigenvalue weighted by molar-refractivity contribution is 6.17. The Morgan fingerprint density at radius 2 is 2.19 bits per heavy atom. The Morgan fingerprint density at radius 1 is 1.38 bits per heavy atom. The summed E-state index contributed by atoms with van der Waals surface area (Å²) < 4.78 is 1.45. The number of fused-ring (bicyclic) bond motifs is 1. The molecule has 0 bridgehead atoms. The number of hydrogen-bond acceptors (Lipinski definition) is 3. The Kier molecular flexibility index (Phi) is 3.72. The van der Waals surface area contributed by atoms with Crippen LogP contribution in [-0.4, -0.2) is 26.8 Å². The van der Waals surface area contributed by atoms with Crippen molar-refractivity contribution >= 4 is 17.5 Å². The van der Waals surface area contributed by atoms with Gasteiger partial charge in [0.25, 0.3) is 0 Å². The van der Waals surface area contributed by atoms with Crippen LogP contribution in [0.1, 0.15) is 35.4 Å². The van der Waals surface area contributed by atoms with E-state index in [-0.39, 0.29) is 5.91 Å². The Hall–Kier alpha value is -1.16. The Labute approximate surface area is 99.3 Å². The van der Waals surface area contributed by atoms with Gasteiger partial charge < -0.3 is 0 Å². The van der Waals surface area contributed by atoms with Crippen LogP contribution in [0.5, 0.6) is 0 Å². The predicted molar refractivity (Wildman–Crippen MR) is 61.8 cm³/mol. The van der Waals surface area contributed by atoms with Gasteiger partial charge in [-0.05, 0) is 12.8 Å². The third-order valence-corrected chi connectivity index (χ3v) is 2.91. The fourth-order valence-corrected chi connectivity index (χ4v) is 1.95. The highest BCUT2D eigenvalue weighted by Gasteiger charge is 2.17. The molecule has 0 radical (unpaired) electrons. The van der Waals surface area contributed by atoms with Crippen LogP contribution in [0.2, 0.25) is 0 Å². The molecule has 0 amide bonds. The number of hydrogen-bond donors (Lipinski definition) is 0. The maximum atomic E-state index is 11.8. The summed E-state index contributed by atoms with van der Waals surface area (Å²) in [6, 6.07) is 0. The van der Waals surface area contributed by atoms with E-state index in [2.05, 4.69) is 16.4 Å². The van der Waals surface area contributed by atoms with Crippen LogP contribution in [0.25, 0.3) is 0 Å². The van der Waals surface area contributed by atoms with Gasteiger partial charge in [0.15, 0.2) is 0 Å². The molecule has 0 fully saturated rings. The van der Waals surface area contributed by atoms with Crippen molar-refractivity contribution in [3.05, 3.63) is 23.5 Å². The Bertz CT molecular complexity index is 411. The van der Waals surface area contributed by atoms with E-state index < -0.39 is 0 Å². The zero-order valence-electron chi connectivity index (χ0n) is 9.03. The predicted octanol–water partition coefficient (Wildman–Crippen LogP) is 1.98. The first-order valence-corrected chi connectivity index (χ1v) is 6.04. The van der Waals surface area contributed by atoms with Crippen LogP contribution in [0.15, 0.2) is 12.2 Å². The Balaban J connectivity index is 2.04. The number of rotatable bonds is 4. The van der Waals surface area contributed by atoms with Crippen molar-refractivity contribution in [2.24, 2.45) is 0 Å². The summed E-state index contributed by atoms with van der Waals surface area (Å²) >= 11 is 5.57. The Morgan fingerprint density at radius 3 is 3.00 bits per heavy atom. The summed E-state index contributed by atoms with van der Waals surface area (Å²) in [6.45, 7) is 0. The maximum absolute atomic E-state index is 11.8. The lowest BCUT2D eigenvalue weighted by Crippen LogP contribution is -2.16. The van der Waals surface area contributed by atoms with Gasteiger partial charge in [0.2, 0.25) is 5.91 Å². The van der Waals surface area contributed by atoms with Gasteiger partial charge in [-0.1, -0.05) is 17.4 Å². The number of carbonyl (C=O) groups excluding carboxylic acids is 1. The SMILES string of the molecule is O=C(CCCCCl)n1nnc2c1CC=CC2. The summed E-state index contributed by atoms with van der Waals surface area (Å²) in [5, 5.41) is 7.94. The van der Waals surface area contributed by atoms with E-state index in [0.29, 0.717) is 12.3 Å². The van der Waals surface area contributed by atoms with Crippen LogP contribution < -0.4 is 0 Å². The van der Waals surface area contributed by atoms with Crippen molar-refractivity contribution in [2.45, 2.75) is 32.1 Å². The molecular weight excluding hydrogens is 226 g/mol. The molecule has 0 saturated carbocycles. The zero-order valence-corrected chi connectivity index (χ0v) is 9.78. The second kappa shape index (κ2) is 5.25. The lowest BCUT2D eigenvalue weighted by Gasteiger charge is -2.06. The van der Waals surface area contributed by atoms with Crippen molar-refractivity contribution in [1.82, 2.24) is 15.0 Å². The molecule has 86 valence electrons. The first-order valence-electron chi connectivity index (χ1n) is 5.50. The molecule has 0 saturated heterocycles. The van der Waals surface area contributed by atoms with Gasteiger partial charge in [0.05, 0.1) is 11.4 Å². The fraction of sp³-hybridized carbons (Fsp3) is 0.545. The smallest absolute Gasteiger partial charge is 0.248 e. The molecule has 0 unspecified atom stereocenters. The topological polar surface area (TPSA) is 47.8 Å². The van der Waals surface area contributed by atoms with Gasteiger partial charge in [-0.15, -0.1) is 16.7 Å². The third-order valence-electron chi connectivity index (χ3n) is 2.64. The van der Waals surface area contributed by atoms with E-state index in [0.717, 1.165) is 37.1 Å². The summed E-state index contributed by atoms with van der Waals surface area (Å²) in [5.41, 5.74) is 1.87. The van der Waals surface area contributed by atoms with E-state index in [9.17, 15) is 4.79 Å². The first-order chi connectivity index (χ1) is 7.83. The molecule has 0 atom stereocenters. The molecule has 1 aromatic rings. The first kappa shape index (κ1) is 11.3. The summed E-state index contributed by atoms with van der Waals surface area (Å²) in [4.78, 5) is 11.8. The monoisotopic (exact) mass is 239 g/mol. The number of nitrogens with zero attached hydrogens (tertiary/aromatic N) is 3. The van der Waals surface area contributed by atoms with Crippen molar-refractivity contribution < 1.29 is 4.79 Å². The largest absolute Gasteiger partial charge is 0.273 e. The summed E-state index contributed by atoms with van der Waals surface area (Å²) in [7, 11) is 0. The van der Waals surface area contributed by atoms with E-state index >= 15 is 0 Å². The summed E-state index contributed by atoms with van der Waals surface area (Å²) in [6.07, 6.45) is 7.81. The molecule has 0 spiro atoms. The lowest BCUT2D eigenvalue weighted by molar-refractivity contribution is 0.0878. The van der Waals surface area contributed by atoms with Gasteiger partial charge in [-0.2, -0.15) is 4.68 Å². The van der Waals surface area contributed by atoms with Crippen LogP contribution in [0, 0.1) is 0 Å². The second-order valence-corrected chi connectivity index (χ2v) is 4.19. The minimum absolute atomic E-state index is 0.0224. The number of alkyl halides is 1. The minimum atomic E-state index is 0.0224. The van der Waals surface area contributed by atoms with Gasteiger partial charge >= 0.3 is 0 Å². The third kappa shape index (κ3) is 2.32. The molecule has 4 nitrogen and oxygen atoms in total. The number of aromatic nitrogens is 3. The van der Waals surface area contributed by atoms with Crippen LogP contribution in [0.4, 0.5) is 0 Å². The lowest BCUT2D eigenvalue weighted by atomic mass is 10.1. The van der Waals surface area contributed by atoms with Crippen molar-refractivity contribution in [3.63, 3.8) is 0 Å². The maximum Gasteiger partial charge on any atom is 0.248 e. The quantitative estimate of drug-likeness (QED) is 0.459. The van der Waals surface area contributed by atoms with Gasteiger partial charge in [-0.3, -0.25) is 4.79 Å². The molecule has 5 heteroatoms. The van der Waals surface area contributed by atoms with Gasteiger partial charge in [0, 0.05) is 25.1 Å². The normalized spacial score (nSPS) is 13.8. The summed E-state index contributed by atoms with van der Waals surface area (Å²) in [5.74, 6) is 0.625. The average molecular weight is 240 g/mol. The highest BCUT2D eigenvalue weighted by atomic mass is 35.5. The molecule has 0 N–H and O–H groups in total. The molecule has 1 heterocycles. The van der Waals surface area contributed by atoms with Crippen LogP contribution in [-0.2, 0) is 12.8 Å². The van der Waals surface area contributed by atoms with Crippen molar-refractivity contribution in [3.8, 4) is 0 Å². The van der Waals surface area contributed by atoms with Crippen molar-refractivity contribution in [2.75, 3.05) is 5.88 Å².